The fraction of sp³-hybridized carbons (Fsp3) is 0.417. The molecule has 1 saturated heterocycles. The van der Waals surface area contributed by atoms with E-state index in [2.05, 4.69) is 0 Å². The molecule has 1 aliphatic rings. The van der Waals surface area contributed by atoms with Crippen LogP contribution in [0.3, 0.4) is 0 Å². The third kappa shape index (κ3) is 2.50. The predicted molar refractivity (Wildman–Crippen MR) is 65.9 cm³/mol. The lowest BCUT2D eigenvalue weighted by atomic mass is 9.90. The van der Waals surface area contributed by atoms with Gasteiger partial charge < -0.3 is 9.47 Å². The number of cyclic esters (lactones) is 1. The molecule has 5 heteroatoms. The summed E-state index contributed by atoms with van der Waals surface area (Å²) in [6.07, 6.45) is 1.05. The van der Waals surface area contributed by atoms with Crippen molar-refractivity contribution in [3.05, 3.63) is 27.7 Å². The SMILES string of the molecule is COc1ccc(Cl)c(Cl)c1C1CCOC(=O)C1. The highest BCUT2D eigenvalue weighted by Gasteiger charge is 2.27. The van der Waals surface area contributed by atoms with Gasteiger partial charge in [-0.25, -0.2) is 0 Å². The van der Waals surface area contributed by atoms with Crippen LogP contribution in [0.1, 0.15) is 24.3 Å². The molecule has 0 spiro atoms. The maximum Gasteiger partial charge on any atom is 0.306 e. The monoisotopic (exact) mass is 274 g/mol. The van der Waals surface area contributed by atoms with Crippen molar-refractivity contribution < 1.29 is 14.3 Å². The topological polar surface area (TPSA) is 35.5 Å². The van der Waals surface area contributed by atoms with Crippen LogP contribution < -0.4 is 4.74 Å². The molecule has 0 saturated carbocycles. The lowest BCUT2D eigenvalue weighted by Gasteiger charge is -2.24. The van der Waals surface area contributed by atoms with E-state index in [9.17, 15) is 4.79 Å². The van der Waals surface area contributed by atoms with Crippen molar-refractivity contribution in [3.8, 4) is 5.75 Å². The van der Waals surface area contributed by atoms with Crippen molar-refractivity contribution in [2.45, 2.75) is 18.8 Å². The average molecular weight is 275 g/mol. The highest BCUT2D eigenvalue weighted by atomic mass is 35.5. The highest BCUT2D eigenvalue weighted by Crippen LogP contribution is 2.41. The van der Waals surface area contributed by atoms with Gasteiger partial charge in [-0.15, -0.1) is 0 Å². The van der Waals surface area contributed by atoms with E-state index in [1.54, 1.807) is 19.2 Å². The van der Waals surface area contributed by atoms with Crippen LogP contribution in [0, 0.1) is 0 Å². The van der Waals surface area contributed by atoms with Crippen LogP contribution in [-0.2, 0) is 9.53 Å². The fourth-order valence-electron chi connectivity index (χ4n) is 2.03. The first kappa shape index (κ1) is 12.5. The zero-order valence-electron chi connectivity index (χ0n) is 9.33. The summed E-state index contributed by atoms with van der Waals surface area (Å²) in [6.45, 7) is 0.412. The molecule has 1 aliphatic heterocycles. The predicted octanol–water partition coefficient (Wildman–Crippen LogP) is 3.42. The summed E-state index contributed by atoms with van der Waals surface area (Å²) in [6, 6.07) is 3.46. The first-order valence-corrected chi connectivity index (χ1v) is 6.06. The van der Waals surface area contributed by atoms with Crippen molar-refractivity contribution >= 4 is 29.2 Å². The smallest absolute Gasteiger partial charge is 0.306 e. The lowest BCUT2D eigenvalue weighted by Crippen LogP contribution is -2.20. The first-order chi connectivity index (χ1) is 8.13. The van der Waals surface area contributed by atoms with E-state index >= 15 is 0 Å². The molecule has 0 N–H and O–H groups in total. The molecular formula is C12H12Cl2O3. The van der Waals surface area contributed by atoms with Crippen LogP contribution in [-0.4, -0.2) is 19.7 Å². The Morgan fingerprint density at radius 3 is 2.82 bits per heavy atom. The number of carbonyl (C=O) groups is 1. The van der Waals surface area contributed by atoms with Gasteiger partial charge in [-0.3, -0.25) is 4.79 Å². The fourth-order valence-corrected chi connectivity index (χ4v) is 2.51. The second-order valence-corrected chi connectivity index (χ2v) is 4.67. The minimum Gasteiger partial charge on any atom is -0.496 e. The molecular weight excluding hydrogens is 263 g/mol. The van der Waals surface area contributed by atoms with Gasteiger partial charge in [0, 0.05) is 11.5 Å². The summed E-state index contributed by atoms with van der Waals surface area (Å²) in [4.78, 5) is 11.3. The molecule has 2 rings (SSSR count). The summed E-state index contributed by atoms with van der Waals surface area (Å²) < 4.78 is 10.2. The van der Waals surface area contributed by atoms with Crippen LogP contribution in [0.4, 0.5) is 0 Å². The number of benzene rings is 1. The molecule has 1 atom stereocenters. The Morgan fingerprint density at radius 1 is 1.41 bits per heavy atom. The molecule has 1 heterocycles. The third-order valence-electron chi connectivity index (χ3n) is 2.86. The number of halogens is 2. The Balaban J connectivity index is 2.41. The molecule has 17 heavy (non-hydrogen) atoms. The number of rotatable bonds is 2. The maximum absolute atomic E-state index is 11.3. The largest absolute Gasteiger partial charge is 0.496 e. The number of hydrogen-bond donors (Lipinski definition) is 0. The van der Waals surface area contributed by atoms with Gasteiger partial charge in [-0.05, 0) is 18.6 Å². The van der Waals surface area contributed by atoms with Crippen molar-refractivity contribution in [2.75, 3.05) is 13.7 Å². The molecule has 1 aromatic rings. The molecule has 0 aromatic heterocycles. The minimum atomic E-state index is -0.209. The quantitative estimate of drug-likeness (QED) is 0.776. The summed E-state index contributed by atoms with van der Waals surface area (Å²) in [7, 11) is 1.57. The van der Waals surface area contributed by atoms with E-state index in [-0.39, 0.29) is 11.9 Å². The van der Waals surface area contributed by atoms with E-state index < -0.39 is 0 Å². The summed E-state index contributed by atoms with van der Waals surface area (Å²) in [5, 5.41) is 0.937. The van der Waals surface area contributed by atoms with Gasteiger partial charge in [0.2, 0.25) is 0 Å². The van der Waals surface area contributed by atoms with Gasteiger partial charge >= 0.3 is 5.97 Å². The van der Waals surface area contributed by atoms with E-state index in [1.807, 2.05) is 0 Å². The lowest BCUT2D eigenvalue weighted by molar-refractivity contribution is -0.147. The van der Waals surface area contributed by atoms with Gasteiger partial charge in [-0.2, -0.15) is 0 Å². The number of carbonyl (C=O) groups excluding carboxylic acids is 1. The van der Waals surface area contributed by atoms with Gasteiger partial charge in [0.15, 0.2) is 0 Å². The second-order valence-electron chi connectivity index (χ2n) is 3.89. The molecule has 0 aliphatic carbocycles. The number of ether oxygens (including phenoxy) is 2. The normalized spacial score (nSPS) is 19.9. The Hall–Kier alpha value is -0.930. The third-order valence-corrected chi connectivity index (χ3v) is 3.68. The standard InChI is InChI=1S/C12H12Cl2O3/c1-16-9-3-2-8(13)12(14)11(9)7-4-5-17-10(15)6-7/h2-3,7H,4-6H2,1H3. The molecule has 0 bridgehead atoms. The first-order valence-electron chi connectivity index (χ1n) is 5.31. The van der Waals surface area contributed by atoms with E-state index in [0.29, 0.717) is 28.8 Å². The zero-order chi connectivity index (χ0) is 12.4. The van der Waals surface area contributed by atoms with E-state index in [0.717, 1.165) is 12.0 Å². The van der Waals surface area contributed by atoms with Crippen LogP contribution >= 0.6 is 23.2 Å². The Labute approximate surface area is 110 Å². The van der Waals surface area contributed by atoms with Crippen molar-refractivity contribution in [2.24, 2.45) is 0 Å². The zero-order valence-corrected chi connectivity index (χ0v) is 10.8. The van der Waals surface area contributed by atoms with Crippen LogP contribution in [0.2, 0.25) is 10.0 Å². The number of methoxy groups -OCH3 is 1. The molecule has 1 fully saturated rings. The molecule has 1 unspecified atom stereocenters. The second kappa shape index (κ2) is 5.15. The minimum absolute atomic E-state index is 0.0115. The van der Waals surface area contributed by atoms with Crippen LogP contribution in [0.5, 0.6) is 5.75 Å². The van der Waals surface area contributed by atoms with E-state index in [4.69, 9.17) is 32.7 Å². The number of esters is 1. The Kier molecular flexibility index (Phi) is 3.79. The van der Waals surface area contributed by atoms with Gasteiger partial charge in [0.1, 0.15) is 5.75 Å². The Bertz CT molecular complexity index is 446. The molecule has 0 amide bonds. The average Bonchev–Trinajstić information content (AvgIpc) is 2.32. The van der Waals surface area contributed by atoms with Gasteiger partial charge in [0.25, 0.3) is 0 Å². The van der Waals surface area contributed by atoms with Crippen molar-refractivity contribution in [3.63, 3.8) is 0 Å². The summed E-state index contributed by atoms with van der Waals surface area (Å²) >= 11 is 12.2. The molecule has 0 radical (unpaired) electrons. The highest BCUT2D eigenvalue weighted by molar-refractivity contribution is 6.42. The maximum atomic E-state index is 11.3. The number of hydrogen-bond acceptors (Lipinski definition) is 3. The molecule has 1 aromatic carbocycles. The van der Waals surface area contributed by atoms with Crippen molar-refractivity contribution in [1.82, 2.24) is 0 Å². The molecule has 3 nitrogen and oxygen atoms in total. The summed E-state index contributed by atoms with van der Waals surface area (Å²) in [5.41, 5.74) is 0.804. The van der Waals surface area contributed by atoms with Gasteiger partial charge in [0.05, 0.1) is 30.2 Å². The van der Waals surface area contributed by atoms with E-state index in [1.165, 1.54) is 0 Å². The van der Waals surface area contributed by atoms with Crippen molar-refractivity contribution in [1.29, 1.82) is 0 Å². The van der Waals surface area contributed by atoms with Crippen LogP contribution in [0.25, 0.3) is 0 Å². The van der Waals surface area contributed by atoms with Crippen LogP contribution in [0.15, 0.2) is 12.1 Å². The van der Waals surface area contributed by atoms with Gasteiger partial charge in [-0.1, -0.05) is 23.2 Å². The Morgan fingerprint density at radius 2 is 2.18 bits per heavy atom. The molecule has 92 valence electrons. The summed E-state index contributed by atoms with van der Waals surface area (Å²) in [5.74, 6) is 0.468.